The fourth-order valence-corrected chi connectivity index (χ4v) is 7.89. The first kappa shape index (κ1) is 23.1. The van der Waals surface area contributed by atoms with Gasteiger partial charge in [-0.1, -0.05) is 12.1 Å². The lowest BCUT2D eigenvalue weighted by Gasteiger charge is -2.30. The minimum absolute atomic E-state index is 0.264. The normalized spacial score (nSPS) is 20.6. The van der Waals surface area contributed by atoms with E-state index in [0.29, 0.717) is 24.3 Å². The van der Waals surface area contributed by atoms with Crippen molar-refractivity contribution in [3.63, 3.8) is 0 Å². The smallest absolute Gasteiger partial charge is 0.313 e. The second-order valence-electron chi connectivity index (χ2n) is 7.78. The summed E-state index contributed by atoms with van der Waals surface area (Å²) >= 11 is 2.92. The van der Waals surface area contributed by atoms with Gasteiger partial charge in [0.1, 0.15) is 4.21 Å². The van der Waals surface area contributed by atoms with Gasteiger partial charge < -0.3 is 15.4 Å². The van der Waals surface area contributed by atoms with Crippen LogP contribution in [0.2, 0.25) is 0 Å². The minimum atomic E-state index is -3.68. The number of thiophene rings is 1. The van der Waals surface area contributed by atoms with Gasteiger partial charge in [-0.25, -0.2) is 8.42 Å². The fraction of sp³-hybridized carbons (Fsp3) is 0.429. The molecule has 2 aromatic rings. The number of benzene rings is 1. The maximum atomic E-state index is 13.1. The molecule has 3 heterocycles. The first-order valence-electron chi connectivity index (χ1n) is 10.3. The Hall–Kier alpha value is -2.08. The van der Waals surface area contributed by atoms with E-state index in [9.17, 15) is 18.0 Å². The van der Waals surface area contributed by atoms with Crippen LogP contribution in [0.4, 0.5) is 11.4 Å². The number of hydrogen-bond acceptors (Lipinski definition) is 7. The second-order valence-corrected chi connectivity index (χ2v) is 11.9. The Balaban J connectivity index is 1.47. The van der Waals surface area contributed by atoms with Crippen LogP contribution in [0.5, 0.6) is 0 Å². The Morgan fingerprint density at radius 2 is 2.09 bits per heavy atom. The molecule has 0 aliphatic carbocycles. The summed E-state index contributed by atoms with van der Waals surface area (Å²) < 4.78 is 33.4. The number of amides is 2. The zero-order valence-corrected chi connectivity index (χ0v) is 20.1. The molecule has 1 fully saturated rings. The van der Waals surface area contributed by atoms with Crippen LogP contribution in [-0.2, 0) is 30.8 Å². The van der Waals surface area contributed by atoms with Crippen LogP contribution in [0.3, 0.4) is 0 Å². The first-order valence-corrected chi connectivity index (χ1v) is 13.7. The van der Waals surface area contributed by atoms with Crippen LogP contribution in [-0.4, -0.2) is 57.5 Å². The Bertz CT molecular complexity index is 1100. The van der Waals surface area contributed by atoms with Crippen molar-refractivity contribution < 1.29 is 22.7 Å². The molecule has 2 N–H and O–H groups in total. The van der Waals surface area contributed by atoms with Gasteiger partial charge in [0.2, 0.25) is 0 Å². The lowest BCUT2D eigenvalue weighted by molar-refractivity contribution is -0.136. The Kier molecular flexibility index (Phi) is 6.80. The highest BCUT2D eigenvalue weighted by Gasteiger charge is 2.35. The lowest BCUT2D eigenvalue weighted by Crippen LogP contribution is -2.47. The number of hydrogen-bond donors (Lipinski definition) is 2. The summed E-state index contributed by atoms with van der Waals surface area (Å²) in [4.78, 5) is 24.8. The Morgan fingerprint density at radius 1 is 1.25 bits per heavy atom. The molecule has 1 unspecified atom stereocenters. The molecule has 11 heteroatoms. The van der Waals surface area contributed by atoms with Gasteiger partial charge in [-0.2, -0.15) is 11.8 Å². The molecular formula is C21H25N3O5S3. The van der Waals surface area contributed by atoms with Gasteiger partial charge in [-0.15, -0.1) is 11.3 Å². The third-order valence-electron chi connectivity index (χ3n) is 5.74. The molecule has 1 atom stereocenters. The van der Waals surface area contributed by atoms with E-state index in [4.69, 9.17) is 4.74 Å². The number of nitrogens with one attached hydrogen (secondary N) is 2. The largest absolute Gasteiger partial charge is 0.376 e. The van der Waals surface area contributed by atoms with E-state index >= 15 is 0 Å². The topological polar surface area (TPSA) is 105 Å². The molecule has 1 saturated heterocycles. The summed E-state index contributed by atoms with van der Waals surface area (Å²) in [5.41, 5.74) is 1.35. The van der Waals surface area contributed by atoms with Gasteiger partial charge >= 0.3 is 11.8 Å². The van der Waals surface area contributed by atoms with E-state index in [1.54, 1.807) is 54.6 Å². The number of carbonyl (C=O) groups is 2. The first-order chi connectivity index (χ1) is 15.3. The van der Waals surface area contributed by atoms with Crippen molar-refractivity contribution in [2.24, 2.45) is 0 Å². The van der Waals surface area contributed by atoms with Gasteiger partial charge in [0, 0.05) is 31.6 Å². The number of methoxy groups -OCH3 is 1. The summed E-state index contributed by atoms with van der Waals surface area (Å²) in [5, 5.41) is 6.97. The van der Waals surface area contributed by atoms with Crippen molar-refractivity contribution in [2.45, 2.75) is 29.1 Å². The molecule has 1 aromatic carbocycles. The van der Waals surface area contributed by atoms with Crippen molar-refractivity contribution in [3.8, 4) is 0 Å². The number of aryl methyl sites for hydroxylation is 1. The highest BCUT2D eigenvalue weighted by Crippen LogP contribution is 2.35. The molecule has 2 aliphatic heterocycles. The molecule has 0 bridgehead atoms. The second kappa shape index (κ2) is 9.42. The molecule has 32 heavy (non-hydrogen) atoms. The Morgan fingerprint density at radius 3 is 2.78 bits per heavy atom. The standard InChI is InChI=1S/C21H25N3O5S3/c1-29-21(8-11-30-14-21)13-22-19(25)20(26)23-16-7-6-15-4-2-9-24(17(15)12-16)32(27,28)18-5-3-10-31-18/h3,5-7,10,12H,2,4,8-9,11,13-14H2,1H3,(H,22,25)(H,23,26). The van der Waals surface area contributed by atoms with Crippen molar-refractivity contribution >= 4 is 56.3 Å². The van der Waals surface area contributed by atoms with Crippen LogP contribution < -0.4 is 14.9 Å². The van der Waals surface area contributed by atoms with E-state index in [2.05, 4.69) is 10.6 Å². The monoisotopic (exact) mass is 495 g/mol. The lowest BCUT2D eigenvalue weighted by atomic mass is 10.0. The number of sulfonamides is 1. The molecule has 8 nitrogen and oxygen atoms in total. The molecule has 0 saturated carbocycles. The third-order valence-corrected chi connectivity index (χ3v) is 10.1. The zero-order valence-electron chi connectivity index (χ0n) is 17.6. The van der Waals surface area contributed by atoms with Gasteiger partial charge in [0.05, 0.1) is 11.3 Å². The van der Waals surface area contributed by atoms with E-state index in [1.807, 2.05) is 0 Å². The van der Waals surface area contributed by atoms with E-state index in [1.165, 1.54) is 15.6 Å². The highest BCUT2D eigenvalue weighted by atomic mass is 32.2. The summed E-state index contributed by atoms with van der Waals surface area (Å²) in [7, 11) is -2.07. The molecule has 0 radical (unpaired) electrons. The number of thioether (sulfide) groups is 1. The van der Waals surface area contributed by atoms with E-state index in [0.717, 1.165) is 29.9 Å². The van der Waals surface area contributed by atoms with Crippen LogP contribution in [0.25, 0.3) is 0 Å². The fourth-order valence-electron chi connectivity index (χ4n) is 3.86. The summed E-state index contributed by atoms with van der Waals surface area (Å²) in [6, 6.07) is 8.40. The predicted octanol–water partition coefficient (Wildman–Crippen LogP) is 2.47. The molecule has 2 aliphatic rings. The van der Waals surface area contributed by atoms with Gasteiger partial charge in [-0.3, -0.25) is 13.9 Å². The minimum Gasteiger partial charge on any atom is -0.376 e. The molecule has 2 amide bonds. The van der Waals surface area contributed by atoms with Gasteiger partial charge in [-0.05, 0) is 54.2 Å². The number of ether oxygens (including phenoxy) is 1. The summed E-state index contributed by atoms with van der Waals surface area (Å²) in [6.45, 7) is 0.627. The van der Waals surface area contributed by atoms with E-state index in [-0.39, 0.29) is 10.8 Å². The number of anilines is 2. The number of rotatable bonds is 6. The quantitative estimate of drug-likeness (QED) is 0.597. The summed E-state index contributed by atoms with van der Waals surface area (Å²) in [6.07, 6.45) is 2.28. The zero-order chi connectivity index (χ0) is 22.8. The van der Waals surface area contributed by atoms with Crippen molar-refractivity contribution in [1.29, 1.82) is 0 Å². The van der Waals surface area contributed by atoms with Crippen LogP contribution in [0.1, 0.15) is 18.4 Å². The molecular weight excluding hydrogens is 470 g/mol. The maximum absolute atomic E-state index is 13.1. The van der Waals surface area contributed by atoms with Crippen LogP contribution in [0.15, 0.2) is 39.9 Å². The van der Waals surface area contributed by atoms with Gasteiger partial charge in [0.15, 0.2) is 0 Å². The average molecular weight is 496 g/mol. The van der Waals surface area contributed by atoms with Gasteiger partial charge in [0.25, 0.3) is 10.0 Å². The highest BCUT2D eigenvalue weighted by molar-refractivity contribution is 7.99. The van der Waals surface area contributed by atoms with E-state index < -0.39 is 27.4 Å². The molecule has 172 valence electrons. The van der Waals surface area contributed by atoms with Crippen molar-refractivity contribution in [1.82, 2.24) is 5.32 Å². The van der Waals surface area contributed by atoms with Crippen molar-refractivity contribution in [3.05, 3.63) is 41.3 Å². The SMILES string of the molecule is COC1(CNC(=O)C(=O)Nc2ccc3c(c2)N(S(=O)(=O)c2cccs2)CCC3)CCSC1. The number of carbonyl (C=O) groups excluding carboxylic acids is 2. The molecule has 4 rings (SSSR count). The van der Waals surface area contributed by atoms with Crippen LogP contribution in [0, 0.1) is 0 Å². The maximum Gasteiger partial charge on any atom is 0.313 e. The Labute approximate surface area is 195 Å². The predicted molar refractivity (Wildman–Crippen MR) is 127 cm³/mol. The van der Waals surface area contributed by atoms with Crippen LogP contribution >= 0.6 is 23.1 Å². The number of fused-ring (bicyclic) bond motifs is 1. The third kappa shape index (κ3) is 4.66. The molecule has 1 aromatic heterocycles. The number of nitrogens with zero attached hydrogens (tertiary/aromatic N) is 1. The summed E-state index contributed by atoms with van der Waals surface area (Å²) in [5.74, 6) is 0.171. The average Bonchev–Trinajstić information content (AvgIpc) is 3.50. The molecule has 0 spiro atoms. The van der Waals surface area contributed by atoms with Crippen molar-refractivity contribution in [2.75, 3.05) is 41.3 Å².